The molecular formula is C14H27N5S. The molecular weight excluding hydrogens is 270 g/mol. The van der Waals surface area contributed by atoms with E-state index in [1.807, 2.05) is 17.9 Å². The molecule has 0 saturated carbocycles. The van der Waals surface area contributed by atoms with Crippen LogP contribution >= 0.6 is 12.2 Å². The van der Waals surface area contributed by atoms with Gasteiger partial charge in [-0.1, -0.05) is 13.8 Å². The number of hydrogen-bond donors (Lipinski definition) is 2. The minimum atomic E-state index is 0.716. The van der Waals surface area contributed by atoms with Gasteiger partial charge in [-0.2, -0.15) is 5.10 Å². The first-order valence-electron chi connectivity index (χ1n) is 7.30. The van der Waals surface area contributed by atoms with Crippen LogP contribution in [-0.4, -0.2) is 46.0 Å². The molecule has 1 aromatic heterocycles. The summed E-state index contributed by atoms with van der Waals surface area (Å²) in [7, 11) is 1.95. The second-order valence-electron chi connectivity index (χ2n) is 4.87. The lowest BCUT2D eigenvalue weighted by molar-refractivity contribution is 0.300. The van der Waals surface area contributed by atoms with Crippen molar-refractivity contribution in [2.24, 2.45) is 7.05 Å². The molecule has 0 aliphatic carbocycles. The van der Waals surface area contributed by atoms with Crippen molar-refractivity contribution in [3.63, 3.8) is 0 Å². The van der Waals surface area contributed by atoms with Crippen molar-refractivity contribution in [1.82, 2.24) is 25.3 Å². The monoisotopic (exact) mass is 297 g/mol. The van der Waals surface area contributed by atoms with E-state index in [1.165, 1.54) is 11.3 Å². The molecule has 20 heavy (non-hydrogen) atoms. The fourth-order valence-corrected chi connectivity index (χ4v) is 2.17. The fraction of sp³-hybridized carbons (Fsp3) is 0.714. The van der Waals surface area contributed by atoms with Crippen molar-refractivity contribution in [3.05, 3.63) is 17.5 Å². The van der Waals surface area contributed by atoms with Crippen molar-refractivity contribution in [2.75, 3.05) is 26.2 Å². The Balaban J connectivity index is 2.16. The van der Waals surface area contributed by atoms with E-state index in [0.717, 1.165) is 39.1 Å². The predicted octanol–water partition coefficient (Wildman–Crippen LogP) is 1.42. The minimum absolute atomic E-state index is 0.716. The first kappa shape index (κ1) is 16.9. The highest BCUT2D eigenvalue weighted by atomic mass is 32.1. The predicted molar refractivity (Wildman–Crippen MR) is 87.8 cm³/mol. The molecule has 1 rings (SSSR count). The molecule has 0 aliphatic heterocycles. The smallest absolute Gasteiger partial charge is 0.166 e. The van der Waals surface area contributed by atoms with Crippen molar-refractivity contribution in [2.45, 2.75) is 33.7 Å². The Bertz CT molecular complexity index is 412. The zero-order chi connectivity index (χ0) is 15.0. The molecule has 0 atom stereocenters. The molecule has 0 spiro atoms. The lowest BCUT2D eigenvalue weighted by Gasteiger charge is -2.18. The van der Waals surface area contributed by atoms with Crippen LogP contribution in [0, 0.1) is 6.92 Å². The molecule has 0 fully saturated rings. The molecule has 1 heterocycles. The van der Waals surface area contributed by atoms with Gasteiger partial charge in [-0.05, 0) is 45.2 Å². The van der Waals surface area contributed by atoms with Gasteiger partial charge in [-0.15, -0.1) is 0 Å². The van der Waals surface area contributed by atoms with Gasteiger partial charge in [0.15, 0.2) is 5.11 Å². The molecule has 0 aromatic carbocycles. The first-order chi connectivity index (χ1) is 9.58. The standard InChI is InChI=1S/C14H27N5S/c1-5-19(6-2)9-7-8-15-14(20)16-10-13-11-17-18(4)12(13)3/h11H,5-10H2,1-4H3,(H2,15,16,20). The molecule has 0 aliphatic rings. The van der Waals surface area contributed by atoms with E-state index in [9.17, 15) is 0 Å². The van der Waals surface area contributed by atoms with Gasteiger partial charge in [-0.3, -0.25) is 4.68 Å². The number of nitrogens with one attached hydrogen (secondary N) is 2. The molecule has 2 N–H and O–H groups in total. The minimum Gasteiger partial charge on any atom is -0.363 e. The molecule has 0 radical (unpaired) electrons. The van der Waals surface area contributed by atoms with E-state index < -0.39 is 0 Å². The molecule has 114 valence electrons. The van der Waals surface area contributed by atoms with E-state index in [-0.39, 0.29) is 0 Å². The molecule has 6 heteroatoms. The van der Waals surface area contributed by atoms with E-state index >= 15 is 0 Å². The Morgan fingerprint density at radius 3 is 2.60 bits per heavy atom. The van der Waals surface area contributed by atoms with E-state index in [1.54, 1.807) is 0 Å². The Labute approximate surface area is 127 Å². The Morgan fingerprint density at radius 2 is 2.05 bits per heavy atom. The van der Waals surface area contributed by atoms with E-state index in [0.29, 0.717) is 5.11 Å². The van der Waals surface area contributed by atoms with Crippen molar-refractivity contribution in [1.29, 1.82) is 0 Å². The molecule has 0 amide bonds. The van der Waals surface area contributed by atoms with Crippen LogP contribution in [0.25, 0.3) is 0 Å². The van der Waals surface area contributed by atoms with Crippen LogP contribution in [0.5, 0.6) is 0 Å². The van der Waals surface area contributed by atoms with Crippen LogP contribution in [0.4, 0.5) is 0 Å². The number of nitrogens with zero attached hydrogens (tertiary/aromatic N) is 3. The average molecular weight is 297 g/mol. The summed E-state index contributed by atoms with van der Waals surface area (Å²) in [6.45, 7) is 11.4. The summed E-state index contributed by atoms with van der Waals surface area (Å²) in [5.41, 5.74) is 2.35. The second-order valence-corrected chi connectivity index (χ2v) is 5.28. The summed E-state index contributed by atoms with van der Waals surface area (Å²) >= 11 is 5.28. The summed E-state index contributed by atoms with van der Waals surface area (Å²) in [6, 6.07) is 0. The van der Waals surface area contributed by atoms with E-state index in [4.69, 9.17) is 12.2 Å². The highest BCUT2D eigenvalue weighted by Gasteiger charge is 2.04. The van der Waals surface area contributed by atoms with Gasteiger partial charge in [0.2, 0.25) is 0 Å². The lowest BCUT2D eigenvalue weighted by Crippen LogP contribution is -2.36. The molecule has 0 saturated heterocycles. The molecule has 1 aromatic rings. The van der Waals surface area contributed by atoms with Gasteiger partial charge in [0.1, 0.15) is 0 Å². The van der Waals surface area contributed by atoms with Gasteiger partial charge in [0, 0.05) is 31.4 Å². The average Bonchev–Trinajstić information content (AvgIpc) is 2.77. The first-order valence-corrected chi connectivity index (χ1v) is 7.70. The normalized spacial score (nSPS) is 10.8. The Morgan fingerprint density at radius 1 is 1.35 bits per heavy atom. The lowest BCUT2D eigenvalue weighted by atomic mass is 10.2. The maximum absolute atomic E-state index is 5.28. The zero-order valence-electron chi connectivity index (χ0n) is 13.1. The number of aromatic nitrogens is 2. The number of aryl methyl sites for hydroxylation is 1. The van der Waals surface area contributed by atoms with Crippen LogP contribution < -0.4 is 10.6 Å². The van der Waals surface area contributed by atoms with Gasteiger partial charge in [0.05, 0.1) is 6.20 Å². The van der Waals surface area contributed by atoms with Crippen LogP contribution in [0.1, 0.15) is 31.5 Å². The summed E-state index contributed by atoms with van der Waals surface area (Å²) in [5, 5.41) is 11.4. The summed E-state index contributed by atoms with van der Waals surface area (Å²) in [6.07, 6.45) is 2.99. The molecule has 5 nitrogen and oxygen atoms in total. The third-order valence-corrected chi connectivity index (χ3v) is 3.90. The third kappa shape index (κ3) is 5.46. The highest BCUT2D eigenvalue weighted by molar-refractivity contribution is 7.80. The fourth-order valence-electron chi connectivity index (χ4n) is 2.00. The topological polar surface area (TPSA) is 45.1 Å². The van der Waals surface area contributed by atoms with Crippen molar-refractivity contribution >= 4 is 17.3 Å². The van der Waals surface area contributed by atoms with Crippen LogP contribution in [-0.2, 0) is 13.6 Å². The SMILES string of the molecule is CCN(CC)CCCNC(=S)NCc1cnn(C)c1C. The Kier molecular flexibility index (Phi) is 7.54. The highest BCUT2D eigenvalue weighted by Crippen LogP contribution is 2.04. The third-order valence-electron chi connectivity index (χ3n) is 3.61. The van der Waals surface area contributed by atoms with Gasteiger partial charge < -0.3 is 15.5 Å². The number of hydrogen-bond acceptors (Lipinski definition) is 3. The quantitative estimate of drug-likeness (QED) is 0.561. The zero-order valence-corrected chi connectivity index (χ0v) is 13.9. The molecule has 0 bridgehead atoms. The maximum atomic E-state index is 5.28. The summed E-state index contributed by atoms with van der Waals surface area (Å²) in [5.74, 6) is 0. The van der Waals surface area contributed by atoms with E-state index in [2.05, 4.69) is 41.4 Å². The van der Waals surface area contributed by atoms with Gasteiger partial charge in [-0.25, -0.2) is 0 Å². The maximum Gasteiger partial charge on any atom is 0.166 e. The number of rotatable bonds is 8. The van der Waals surface area contributed by atoms with Crippen LogP contribution in [0.15, 0.2) is 6.20 Å². The second kappa shape index (κ2) is 8.92. The molecule has 0 unspecified atom stereocenters. The largest absolute Gasteiger partial charge is 0.363 e. The van der Waals surface area contributed by atoms with Gasteiger partial charge in [0.25, 0.3) is 0 Å². The van der Waals surface area contributed by atoms with Crippen LogP contribution in [0.2, 0.25) is 0 Å². The van der Waals surface area contributed by atoms with Crippen molar-refractivity contribution in [3.8, 4) is 0 Å². The Hall–Kier alpha value is -1.14. The van der Waals surface area contributed by atoms with Crippen LogP contribution in [0.3, 0.4) is 0 Å². The number of thiocarbonyl (C=S) groups is 1. The van der Waals surface area contributed by atoms with Gasteiger partial charge >= 0.3 is 0 Å². The summed E-state index contributed by atoms with van der Waals surface area (Å²) < 4.78 is 1.87. The van der Waals surface area contributed by atoms with Crippen molar-refractivity contribution < 1.29 is 0 Å². The summed E-state index contributed by atoms with van der Waals surface area (Å²) in [4.78, 5) is 2.41.